The molecule has 0 fully saturated rings. The van der Waals surface area contributed by atoms with Crippen LogP contribution in [-0.2, 0) is 17.3 Å². The lowest BCUT2D eigenvalue weighted by atomic mass is 10.2. The molecule has 1 aromatic heterocycles. The van der Waals surface area contributed by atoms with Crippen molar-refractivity contribution >= 4 is 27.8 Å². The lowest BCUT2D eigenvalue weighted by molar-refractivity contribution is 0.619. The molecule has 0 saturated heterocycles. The molecule has 0 aliphatic heterocycles. The largest absolute Gasteiger partial charge is 0.369 e. The normalized spacial score (nSPS) is 14.9. The molecular weight excluding hydrogens is 253 g/mol. The van der Waals surface area contributed by atoms with E-state index in [9.17, 15) is 8.60 Å². The quantitative estimate of drug-likeness (QED) is 0.924. The fourth-order valence-electron chi connectivity index (χ4n) is 1.82. The molecule has 0 bridgehead atoms. The van der Waals surface area contributed by atoms with E-state index in [4.69, 9.17) is 5.73 Å². The molecule has 0 saturated carbocycles. The molecule has 98 valence electrons. The number of halogens is 1. The van der Waals surface area contributed by atoms with Crippen molar-refractivity contribution in [3.05, 3.63) is 23.5 Å². The van der Waals surface area contributed by atoms with Crippen molar-refractivity contribution in [1.82, 2.24) is 9.55 Å². The Bertz CT molecular complexity index is 623. The van der Waals surface area contributed by atoms with Crippen LogP contribution < -0.4 is 5.73 Å². The van der Waals surface area contributed by atoms with E-state index in [1.807, 2.05) is 6.92 Å². The van der Waals surface area contributed by atoms with Crippen LogP contribution in [0.4, 0.5) is 10.3 Å². The first kappa shape index (κ1) is 13.0. The molecule has 4 nitrogen and oxygen atoms in total. The van der Waals surface area contributed by atoms with Gasteiger partial charge in [-0.1, -0.05) is 0 Å². The van der Waals surface area contributed by atoms with Gasteiger partial charge in [-0.15, -0.1) is 0 Å². The number of aryl methyl sites for hydroxylation is 1. The predicted octanol–water partition coefficient (Wildman–Crippen LogP) is 1.83. The molecule has 2 rings (SSSR count). The minimum atomic E-state index is -0.934. The number of nitrogens with zero attached hydrogens (tertiary/aromatic N) is 2. The van der Waals surface area contributed by atoms with Gasteiger partial charge in [-0.25, -0.2) is 9.37 Å². The Labute approximate surface area is 107 Å². The number of fused-ring (bicyclic) bond motifs is 1. The van der Waals surface area contributed by atoms with E-state index in [2.05, 4.69) is 4.98 Å². The molecule has 2 unspecified atom stereocenters. The van der Waals surface area contributed by atoms with Gasteiger partial charge in [0, 0.05) is 34.9 Å². The van der Waals surface area contributed by atoms with E-state index in [0.29, 0.717) is 23.6 Å². The summed E-state index contributed by atoms with van der Waals surface area (Å²) < 4.78 is 26.6. The summed E-state index contributed by atoms with van der Waals surface area (Å²) in [6.07, 6.45) is 1.66. The van der Waals surface area contributed by atoms with Gasteiger partial charge in [-0.3, -0.25) is 4.21 Å². The highest BCUT2D eigenvalue weighted by Gasteiger charge is 2.14. The number of benzene rings is 1. The number of imidazole rings is 1. The number of aromatic nitrogens is 2. The van der Waals surface area contributed by atoms with Crippen LogP contribution in [0.15, 0.2) is 12.1 Å². The van der Waals surface area contributed by atoms with Gasteiger partial charge in [-0.05, 0) is 25.5 Å². The highest BCUT2D eigenvalue weighted by molar-refractivity contribution is 7.84. The Morgan fingerprint density at radius 3 is 2.83 bits per heavy atom. The van der Waals surface area contributed by atoms with Crippen molar-refractivity contribution in [3.63, 3.8) is 0 Å². The van der Waals surface area contributed by atoms with Crippen molar-refractivity contribution in [1.29, 1.82) is 0 Å². The third kappa shape index (κ3) is 2.25. The number of hydrogen-bond acceptors (Lipinski definition) is 3. The second-order valence-electron chi connectivity index (χ2n) is 4.48. The summed E-state index contributed by atoms with van der Waals surface area (Å²) in [5.74, 6) is 0.0339. The Morgan fingerprint density at radius 1 is 1.56 bits per heavy atom. The summed E-state index contributed by atoms with van der Waals surface area (Å²) in [6, 6.07) is 3.10. The third-order valence-electron chi connectivity index (χ3n) is 3.06. The van der Waals surface area contributed by atoms with Crippen LogP contribution in [0.2, 0.25) is 0 Å². The molecule has 1 heterocycles. The molecule has 1 aromatic carbocycles. The van der Waals surface area contributed by atoms with E-state index >= 15 is 0 Å². The highest BCUT2D eigenvalue weighted by Crippen LogP contribution is 2.22. The van der Waals surface area contributed by atoms with Crippen LogP contribution in [0.3, 0.4) is 0 Å². The third-order valence-corrected chi connectivity index (χ3v) is 4.35. The van der Waals surface area contributed by atoms with Crippen molar-refractivity contribution in [2.24, 2.45) is 0 Å². The van der Waals surface area contributed by atoms with Crippen LogP contribution in [0.5, 0.6) is 0 Å². The van der Waals surface area contributed by atoms with Crippen molar-refractivity contribution < 1.29 is 8.60 Å². The van der Waals surface area contributed by atoms with Crippen LogP contribution in [0, 0.1) is 12.7 Å². The van der Waals surface area contributed by atoms with Crippen LogP contribution in [0.1, 0.15) is 12.5 Å². The maximum absolute atomic E-state index is 13.4. The number of nitrogens with two attached hydrogens (primary N) is 1. The smallest absolute Gasteiger partial charge is 0.201 e. The van der Waals surface area contributed by atoms with E-state index in [0.717, 1.165) is 5.52 Å². The average molecular weight is 269 g/mol. The Kier molecular flexibility index (Phi) is 3.38. The molecule has 0 radical (unpaired) electrons. The zero-order chi connectivity index (χ0) is 13.4. The molecular formula is C12H16FN3OS. The summed E-state index contributed by atoms with van der Waals surface area (Å²) >= 11 is 0. The van der Waals surface area contributed by atoms with Crippen molar-refractivity contribution in [2.45, 2.75) is 25.6 Å². The minimum Gasteiger partial charge on any atom is -0.369 e. The molecule has 0 aliphatic carbocycles. The molecule has 0 spiro atoms. The maximum atomic E-state index is 13.4. The first-order valence-electron chi connectivity index (χ1n) is 5.64. The first-order chi connectivity index (χ1) is 8.40. The van der Waals surface area contributed by atoms with E-state index in [1.165, 1.54) is 6.07 Å². The van der Waals surface area contributed by atoms with Crippen LogP contribution >= 0.6 is 0 Å². The van der Waals surface area contributed by atoms with Gasteiger partial charge in [0.2, 0.25) is 5.95 Å². The lowest BCUT2D eigenvalue weighted by Crippen LogP contribution is -2.18. The molecule has 2 atom stereocenters. The summed E-state index contributed by atoms with van der Waals surface area (Å²) in [5.41, 5.74) is 7.70. The zero-order valence-electron chi connectivity index (χ0n) is 10.6. The number of hydrogen-bond donors (Lipinski definition) is 1. The number of anilines is 1. The van der Waals surface area contributed by atoms with Gasteiger partial charge < -0.3 is 10.3 Å². The highest BCUT2D eigenvalue weighted by atomic mass is 32.2. The van der Waals surface area contributed by atoms with Gasteiger partial charge in [0.25, 0.3) is 0 Å². The SMILES string of the molecule is Cc1cc2c(cc1F)nc(N)n2CC(C)S(C)=O. The summed E-state index contributed by atoms with van der Waals surface area (Å²) in [5, 5.41) is -0.0324. The molecule has 0 aliphatic rings. The lowest BCUT2D eigenvalue weighted by Gasteiger charge is -2.11. The van der Waals surface area contributed by atoms with E-state index < -0.39 is 10.8 Å². The Balaban J connectivity index is 2.53. The second kappa shape index (κ2) is 4.68. The summed E-state index contributed by atoms with van der Waals surface area (Å²) in [4.78, 5) is 4.13. The van der Waals surface area contributed by atoms with Gasteiger partial charge in [0.1, 0.15) is 5.82 Å². The van der Waals surface area contributed by atoms with Gasteiger partial charge in [0.05, 0.1) is 11.0 Å². The summed E-state index contributed by atoms with van der Waals surface area (Å²) in [6.45, 7) is 4.10. The van der Waals surface area contributed by atoms with Gasteiger partial charge >= 0.3 is 0 Å². The number of nitrogen functional groups attached to an aromatic ring is 1. The molecule has 2 aromatic rings. The van der Waals surface area contributed by atoms with Gasteiger partial charge in [0.15, 0.2) is 0 Å². The van der Waals surface area contributed by atoms with Gasteiger partial charge in [-0.2, -0.15) is 0 Å². The topological polar surface area (TPSA) is 60.9 Å². The Morgan fingerprint density at radius 2 is 2.22 bits per heavy atom. The monoisotopic (exact) mass is 269 g/mol. The molecule has 18 heavy (non-hydrogen) atoms. The average Bonchev–Trinajstić information content (AvgIpc) is 2.56. The van der Waals surface area contributed by atoms with Crippen molar-refractivity contribution in [3.8, 4) is 0 Å². The van der Waals surface area contributed by atoms with Crippen molar-refractivity contribution in [2.75, 3.05) is 12.0 Å². The Hall–Kier alpha value is -1.43. The standard InChI is InChI=1S/C12H16FN3OS/c1-7-4-11-10(5-9(7)13)15-12(14)16(11)6-8(2)18(3)17/h4-5,8H,6H2,1-3H3,(H2,14,15). The number of rotatable bonds is 3. The minimum absolute atomic E-state index is 0.0324. The predicted molar refractivity (Wildman–Crippen MR) is 72.4 cm³/mol. The summed E-state index contributed by atoms with van der Waals surface area (Å²) in [7, 11) is -0.934. The fourth-order valence-corrected chi connectivity index (χ4v) is 2.18. The maximum Gasteiger partial charge on any atom is 0.201 e. The molecule has 2 N–H and O–H groups in total. The first-order valence-corrected chi connectivity index (χ1v) is 7.26. The molecule has 6 heteroatoms. The fraction of sp³-hybridized carbons (Fsp3) is 0.417. The van der Waals surface area contributed by atoms with E-state index in [-0.39, 0.29) is 11.1 Å². The van der Waals surface area contributed by atoms with E-state index in [1.54, 1.807) is 23.8 Å². The van der Waals surface area contributed by atoms with Crippen LogP contribution in [-0.4, -0.2) is 25.3 Å². The second-order valence-corrected chi connectivity index (χ2v) is 6.28. The zero-order valence-corrected chi connectivity index (χ0v) is 11.4. The van der Waals surface area contributed by atoms with Crippen LogP contribution in [0.25, 0.3) is 11.0 Å². The molecule has 0 amide bonds.